The number of aromatic nitrogens is 4. The van der Waals surface area contributed by atoms with Crippen molar-refractivity contribution in [1.82, 2.24) is 20.4 Å². The van der Waals surface area contributed by atoms with Crippen molar-refractivity contribution >= 4 is 11.8 Å². The molecule has 8 heteroatoms. The fourth-order valence-corrected chi connectivity index (χ4v) is 2.39. The minimum atomic E-state index is -0.980. The molecule has 0 aliphatic carbocycles. The number of carboxylic acids is 1. The number of Topliss-reactive ketones (excluding diaryl/α,β-unsaturated/α-hetero) is 1. The fraction of sp³-hybridized carbons (Fsp3) is 0.412. The standard InChI is InChI=1S/C17H21N5O3/c18-15(17(24)25)5-3-1-2-4-14(23)10-12-6-8-13(9-7-12)16-21-19-11-20-22-16/h6-9,11,15H,1-5,10,18H2,(H,24,25)/t15-/m1/s1. The van der Waals surface area contributed by atoms with E-state index in [0.29, 0.717) is 31.5 Å². The van der Waals surface area contributed by atoms with Crippen LogP contribution in [0.15, 0.2) is 30.6 Å². The highest BCUT2D eigenvalue weighted by Crippen LogP contribution is 2.15. The zero-order valence-corrected chi connectivity index (χ0v) is 13.8. The van der Waals surface area contributed by atoms with E-state index in [1.165, 1.54) is 6.33 Å². The summed E-state index contributed by atoms with van der Waals surface area (Å²) in [5, 5.41) is 23.8. The number of carbonyl (C=O) groups excluding carboxylic acids is 1. The van der Waals surface area contributed by atoms with E-state index >= 15 is 0 Å². The minimum Gasteiger partial charge on any atom is -0.480 e. The van der Waals surface area contributed by atoms with Gasteiger partial charge in [0.15, 0.2) is 6.33 Å². The second-order valence-corrected chi connectivity index (χ2v) is 5.83. The molecule has 0 fully saturated rings. The molecule has 0 unspecified atom stereocenters. The Morgan fingerprint density at radius 2 is 1.72 bits per heavy atom. The van der Waals surface area contributed by atoms with Crippen LogP contribution in [0.1, 0.15) is 37.7 Å². The van der Waals surface area contributed by atoms with E-state index in [0.717, 1.165) is 24.0 Å². The lowest BCUT2D eigenvalue weighted by Gasteiger charge is -2.06. The van der Waals surface area contributed by atoms with Crippen LogP contribution in [0.25, 0.3) is 11.4 Å². The molecule has 0 aliphatic rings. The van der Waals surface area contributed by atoms with Crippen molar-refractivity contribution in [3.05, 3.63) is 36.2 Å². The number of carboxylic acid groups (broad SMARTS) is 1. The molecule has 2 aromatic rings. The largest absolute Gasteiger partial charge is 0.480 e. The molecular formula is C17H21N5O3. The first-order valence-corrected chi connectivity index (χ1v) is 8.16. The molecule has 0 amide bonds. The normalized spacial score (nSPS) is 11.9. The molecule has 1 aromatic heterocycles. The molecule has 1 atom stereocenters. The summed E-state index contributed by atoms with van der Waals surface area (Å²) in [6, 6.07) is 6.61. The second kappa shape index (κ2) is 9.53. The van der Waals surface area contributed by atoms with Gasteiger partial charge in [0.2, 0.25) is 5.82 Å². The van der Waals surface area contributed by atoms with Crippen molar-refractivity contribution in [3.63, 3.8) is 0 Å². The summed E-state index contributed by atoms with van der Waals surface area (Å²) in [6.45, 7) is 0. The Labute approximate surface area is 145 Å². The Morgan fingerprint density at radius 1 is 1.04 bits per heavy atom. The van der Waals surface area contributed by atoms with Crippen LogP contribution < -0.4 is 5.73 Å². The molecule has 3 N–H and O–H groups in total. The summed E-state index contributed by atoms with van der Waals surface area (Å²) < 4.78 is 0. The molecule has 0 bridgehead atoms. The van der Waals surface area contributed by atoms with Crippen LogP contribution in [0.5, 0.6) is 0 Å². The predicted molar refractivity (Wildman–Crippen MR) is 90.5 cm³/mol. The maximum Gasteiger partial charge on any atom is 0.320 e. The topological polar surface area (TPSA) is 132 Å². The number of nitrogens with zero attached hydrogens (tertiary/aromatic N) is 4. The molecule has 0 saturated carbocycles. The monoisotopic (exact) mass is 343 g/mol. The van der Waals surface area contributed by atoms with Gasteiger partial charge in [-0.2, -0.15) is 0 Å². The molecule has 0 saturated heterocycles. The molecule has 2 rings (SSSR count). The van der Waals surface area contributed by atoms with Crippen molar-refractivity contribution in [2.24, 2.45) is 5.73 Å². The molecule has 0 radical (unpaired) electrons. The number of ketones is 1. The van der Waals surface area contributed by atoms with E-state index in [2.05, 4.69) is 20.4 Å². The van der Waals surface area contributed by atoms with Crippen LogP contribution in [0.3, 0.4) is 0 Å². The van der Waals surface area contributed by atoms with E-state index in [9.17, 15) is 9.59 Å². The molecule has 25 heavy (non-hydrogen) atoms. The van der Waals surface area contributed by atoms with Gasteiger partial charge in [0.1, 0.15) is 11.8 Å². The number of unbranched alkanes of at least 4 members (excludes halogenated alkanes) is 2. The third-order valence-corrected chi connectivity index (χ3v) is 3.81. The molecule has 0 aliphatic heterocycles. The van der Waals surface area contributed by atoms with Crippen LogP contribution in [0.2, 0.25) is 0 Å². The Kier molecular flexibility index (Phi) is 7.09. The highest BCUT2D eigenvalue weighted by Gasteiger charge is 2.10. The highest BCUT2D eigenvalue weighted by atomic mass is 16.4. The lowest BCUT2D eigenvalue weighted by atomic mass is 10.0. The summed E-state index contributed by atoms with van der Waals surface area (Å²) in [5.74, 6) is -0.374. The van der Waals surface area contributed by atoms with Gasteiger partial charge < -0.3 is 10.8 Å². The van der Waals surface area contributed by atoms with Gasteiger partial charge in [-0.05, 0) is 18.4 Å². The molecule has 0 spiro atoms. The lowest BCUT2D eigenvalue weighted by Crippen LogP contribution is -2.29. The van der Waals surface area contributed by atoms with Gasteiger partial charge in [0.25, 0.3) is 0 Å². The molecule has 1 aromatic carbocycles. The quantitative estimate of drug-likeness (QED) is 0.619. The zero-order valence-electron chi connectivity index (χ0n) is 13.8. The SMILES string of the molecule is N[C@H](CCCCCC(=O)Cc1ccc(-c2nncnn2)cc1)C(=O)O. The first kappa shape index (κ1) is 18.6. The van der Waals surface area contributed by atoms with Crippen molar-refractivity contribution in [3.8, 4) is 11.4 Å². The minimum absolute atomic E-state index is 0.162. The first-order chi connectivity index (χ1) is 12.1. The molecule has 1 heterocycles. The average Bonchev–Trinajstić information content (AvgIpc) is 2.62. The van der Waals surface area contributed by atoms with Gasteiger partial charge in [-0.15, -0.1) is 20.4 Å². The smallest absolute Gasteiger partial charge is 0.320 e. The number of nitrogens with two attached hydrogens (primary N) is 1. The number of hydrogen-bond acceptors (Lipinski definition) is 7. The van der Waals surface area contributed by atoms with Crippen molar-refractivity contribution in [2.45, 2.75) is 44.6 Å². The number of hydrogen-bond donors (Lipinski definition) is 2. The average molecular weight is 343 g/mol. The van der Waals surface area contributed by atoms with E-state index in [1.807, 2.05) is 24.3 Å². The Bertz CT molecular complexity index is 691. The third-order valence-electron chi connectivity index (χ3n) is 3.81. The maximum atomic E-state index is 12.0. The summed E-state index contributed by atoms with van der Waals surface area (Å²) in [6.07, 6.45) is 4.84. The van der Waals surface area contributed by atoms with Gasteiger partial charge in [0.05, 0.1) is 0 Å². The van der Waals surface area contributed by atoms with Gasteiger partial charge in [-0.3, -0.25) is 9.59 Å². The third kappa shape index (κ3) is 6.34. The number of benzene rings is 1. The van der Waals surface area contributed by atoms with Crippen LogP contribution in [-0.4, -0.2) is 43.3 Å². The van der Waals surface area contributed by atoms with E-state index in [-0.39, 0.29) is 5.78 Å². The first-order valence-electron chi connectivity index (χ1n) is 8.16. The van der Waals surface area contributed by atoms with E-state index < -0.39 is 12.0 Å². The summed E-state index contributed by atoms with van der Waals surface area (Å²) in [5.41, 5.74) is 7.16. The molecular weight excluding hydrogens is 322 g/mol. The fourth-order valence-electron chi connectivity index (χ4n) is 2.39. The van der Waals surface area contributed by atoms with E-state index in [4.69, 9.17) is 10.8 Å². The highest BCUT2D eigenvalue weighted by molar-refractivity contribution is 5.81. The van der Waals surface area contributed by atoms with Crippen molar-refractivity contribution in [1.29, 1.82) is 0 Å². The Morgan fingerprint density at radius 3 is 2.36 bits per heavy atom. The summed E-state index contributed by atoms with van der Waals surface area (Å²) in [7, 11) is 0. The van der Waals surface area contributed by atoms with Crippen LogP contribution in [0, 0.1) is 0 Å². The lowest BCUT2D eigenvalue weighted by molar-refractivity contribution is -0.138. The summed E-state index contributed by atoms with van der Waals surface area (Å²) in [4.78, 5) is 22.6. The van der Waals surface area contributed by atoms with E-state index in [1.54, 1.807) is 0 Å². The maximum absolute atomic E-state index is 12.0. The summed E-state index contributed by atoms with van der Waals surface area (Å²) >= 11 is 0. The number of carbonyl (C=O) groups is 2. The van der Waals surface area contributed by atoms with Crippen LogP contribution >= 0.6 is 0 Å². The number of aliphatic carboxylic acids is 1. The number of rotatable bonds is 10. The Balaban J connectivity index is 1.71. The second-order valence-electron chi connectivity index (χ2n) is 5.83. The van der Waals surface area contributed by atoms with Gasteiger partial charge >= 0.3 is 5.97 Å². The van der Waals surface area contributed by atoms with Gasteiger partial charge in [-0.1, -0.05) is 37.1 Å². The molecule has 8 nitrogen and oxygen atoms in total. The van der Waals surface area contributed by atoms with Crippen molar-refractivity contribution < 1.29 is 14.7 Å². The zero-order chi connectivity index (χ0) is 18.1. The van der Waals surface area contributed by atoms with Crippen LogP contribution in [-0.2, 0) is 16.0 Å². The van der Waals surface area contributed by atoms with Crippen LogP contribution in [0.4, 0.5) is 0 Å². The van der Waals surface area contributed by atoms with Gasteiger partial charge in [0, 0.05) is 18.4 Å². The molecule has 132 valence electrons. The Hall–Kier alpha value is -2.74. The van der Waals surface area contributed by atoms with Gasteiger partial charge in [-0.25, -0.2) is 0 Å². The predicted octanol–water partition coefficient (Wildman–Crippen LogP) is 1.41. The van der Waals surface area contributed by atoms with Crippen molar-refractivity contribution in [2.75, 3.05) is 0 Å².